The molecule has 1 aliphatic carbocycles. The summed E-state index contributed by atoms with van der Waals surface area (Å²) in [5, 5.41) is 3.71. The number of carbonyl (C=O) groups is 1. The van der Waals surface area contributed by atoms with Crippen LogP contribution in [-0.2, 0) is 4.79 Å². The van der Waals surface area contributed by atoms with E-state index in [1.165, 1.54) is 0 Å². The summed E-state index contributed by atoms with van der Waals surface area (Å²) in [6, 6.07) is 0. The average molecular weight is 227 g/mol. The molecule has 15 heavy (non-hydrogen) atoms. The molecule has 84 valence electrons. The number of hydrogen-bond donors (Lipinski definition) is 0. The Morgan fingerprint density at radius 1 is 1.60 bits per heavy atom. The number of amides is 1. The van der Waals surface area contributed by atoms with E-state index >= 15 is 0 Å². The molecule has 1 aliphatic rings. The molecule has 4 heteroatoms. The lowest BCUT2D eigenvalue weighted by atomic mass is 9.68. The Hall–Kier alpha value is -0.560. The van der Waals surface area contributed by atoms with E-state index in [0.29, 0.717) is 5.92 Å². The Balaban J connectivity index is 3.03. The van der Waals surface area contributed by atoms with Gasteiger partial charge in [-0.1, -0.05) is 32.2 Å². The van der Waals surface area contributed by atoms with Crippen LogP contribution in [0.5, 0.6) is 0 Å². The van der Waals surface area contributed by atoms with Gasteiger partial charge in [0.2, 0.25) is 0 Å². The number of nitroso groups, excluding NO2 is 1. The van der Waals surface area contributed by atoms with Gasteiger partial charge in [-0.25, -0.2) is 0 Å². The van der Waals surface area contributed by atoms with Crippen LogP contribution in [0.25, 0.3) is 0 Å². The molecule has 0 aromatic rings. The van der Waals surface area contributed by atoms with Crippen LogP contribution in [0, 0.1) is 22.2 Å². The van der Waals surface area contributed by atoms with Crippen molar-refractivity contribution in [3.63, 3.8) is 0 Å². The fourth-order valence-corrected chi connectivity index (χ4v) is 3.43. The topological polar surface area (TPSA) is 46.5 Å². The largest absolute Gasteiger partial charge is 0.292 e. The molecule has 1 amide bonds. The molecule has 0 saturated heterocycles. The Labute approximate surface area is 92.9 Å². The van der Waals surface area contributed by atoms with Crippen molar-refractivity contribution in [2.45, 2.75) is 33.6 Å². The highest BCUT2D eigenvalue weighted by molar-refractivity contribution is 7.22. The molecule has 1 rings (SSSR count). The molecule has 3 nitrogen and oxygen atoms in total. The van der Waals surface area contributed by atoms with Crippen molar-refractivity contribution in [2.24, 2.45) is 22.4 Å². The van der Waals surface area contributed by atoms with Gasteiger partial charge in [-0.2, -0.15) is 0 Å². The molecule has 3 unspecified atom stereocenters. The van der Waals surface area contributed by atoms with Gasteiger partial charge in [-0.15, -0.1) is 14.1 Å². The fourth-order valence-electron chi connectivity index (χ4n) is 2.51. The number of carbonyl (C=O) groups excluding carboxylic acids is 1. The van der Waals surface area contributed by atoms with E-state index < -0.39 is 11.3 Å². The maximum Gasteiger partial charge on any atom is 0.292 e. The summed E-state index contributed by atoms with van der Waals surface area (Å²) in [6.07, 6.45) is 4.25. The van der Waals surface area contributed by atoms with E-state index in [2.05, 4.69) is 27.4 Å². The third kappa shape index (κ3) is 2.34. The Bertz CT molecular complexity index is 310. The van der Waals surface area contributed by atoms with Gasteiger partial charge in [0, 0.05) is 11.1 Å². The van der Waals surface area contributed by atoms with Gasteiger partial charge in [0.05, 0.1) is 5.41 Å². The minimum atomic E-state index is -0.685. The SMILES string of the molecule is CC1CCC=C(P)C1C(C)(C)C(=O)N=O. The molecule has 0 aromatic heterocycles. The van der Waals surface area contributed by atoms with Crippen LogP contribution in [-0.4, -0.2) is 5.91 Å². The maximum atomic E-state index is 11.5. The number of allylic oxidation sites excluding steroid dienone is 2. The number of rotatable bonds is 2. The third-order valence-electron chi connectivity index (χ3n) is 3.34. The van der Waals surface area contributed by atoms with Crippen molar-refractivity contribution in [3.05, 3.63) is 16.3 Å². The van der Waals surface area contributed by atoms with Crippen LogP contribution in [0.15, 0.2) is 16.6 Å². The Kier molecular flexibility index (Phi) is 3.77. The van der Waals surface area contributed by atoms with Gasteiger partial charge < -0.3 is 0 Å². The normalized spacial score (nSPS) is 27.1. The summed E-state index contributed by atoms with van der Waals surface area (Å²) in [5.74, 6) is -0.0146. The summed E-state index contributed by atoms with van der Waals surface area (Å²) in [6.45, 7) is 5.74. The minimum absolute atomic E-state index is 0.112. The maximum absolute atomic E-state index is 11.5. The second-order valence-electron chi connectivity index (χ2n) is 4.85. The average Bonchev–Trinajstić information content (AvgIpc) is 2.15. The highest BCUT2D eigenvalue weighted by atomic mass is 31.0. The van der Waals surface area contributed by atoms with Gasteiger partial charge in [0.25, 0.3) is 5.91 Å². The first-order valence-electron chi connectivity index (χ1n) is 5.24. The molecule has 0 radical (unpaired) electrons. The van der Waals surface area contributed by atoms with Gasteiger partial charge in [-0.05, 0) is 18.8 Å². The lowest BCUT2D eigenvalue weighted by Gasteiger charge is -2.38. The zero-order valence-corrected chi connectivity index (χ0v) is 10.6. The molecular formula is C11H18NO2P. The lowest BCUT2D eigenvalue weighted by Crippen LogP contribution is -2.37. The molecular weight excluding hydrogens is 209 g/mol. The van der Waals surface area contributed by atoms with Gasteiger partial charge in [0.15, 0.2) is 0 Å². The predicted molar refractivity (Wildman–Crippen MR) is 64.3 cm³/mol. The summed E-state index contributed by atoms with van der Waals surface area (Å²) < 4.78 is 0. The molecule has 0 spiro atoms. The van der Waals surface area contributed by atoms with Gasteiger partial charge in [-0.3, -0.25) is 4.79 Å². The van der Waals surface area contributed by atoms with Crippen LogP contribution in [0.1, 0.15) is 33.6 Å². The first-order valence-corrected chi connectivity index (χ1v) is 5.82. The van der Waals surface area contributed by atoms with Crippen LogP contribution in [0.4, 0.5) is 0 Å². The Morgan fingerprint density at radius 2 is 2.20 bits per heavy atom. The number of nitrogens with zero attached hydrogens (tertiary/aromatic N) is 1. The summed E-state index contributed by atoms with van der Waals surface area (Å²) in [5.41, 5.74) is -0.685. The van der Waals surface area contributed by atoms with Crippen molar-refractivity contribution in [3.8, 4) is 0 Å². The highest BCUT2D eigenvalue weighted by Crippen LogP contribution is 2.45. The lowest BCUT2D eigenvalue weighted by molar-refractivity contribution is -0.128. The minimum Gasteiger partial charge on any atom is -0.268 e. The van der Waals surface area contributed by atoms with Crippen LogP contribution >= 0.6 is 9.24 Å². The molecule has 3 atom stereocenters. The van der Waals surface area contributed by atoms with Crippen LogP contribution in [0.2, 0.25) is 0 Å². The monoisotopic (exact) mass is 227 g/mol. The highest BCUT2D eigenvalue weighted by Gasteiger charge is 2.42. The molecule has 0 saturated carbocycles. The van der Waals surface area contributed by atoms with Crippen LogP contribution < -0.4 is 0 Å². The quantitative estimate of drug-likeness (QED) is 0.537. The summed E-state index contributed by atoms with van der Waals surface area (Å²) >= 11 is 0. The molecule has 0 aromatic carbocycles. The fraction of sp³-hybridized carbons (Fsp3) is 0.727. The second kappa shape index (κ2) is 4.52. The van der Waals surface area contributed by atoms with E-state index in [1.807, 2.05) is 0 Å². The van der Waals surface area contributed by atoms with Crippen molar-refractivity contribution in [2.75, 3.05) is 0 Å². The van der Waals surface area contributed by atoms with E-state index in [-0.39, 0.29) is 5.92 Å². The van der Waals surface area contributed by atoms with E-state index in [9.17, 15) is 9.70 Å². The molecule has 0 aliphatic heterocycles. The molecule has 0 N–H and O–H groups in total. The smallest absolute Gasteiger partial charge is 0.268 e. The third-order valence-corrected chi connectivity index (χ3v) is 3.94. The molecule has 0 heterocycles. The molecule has 0 fully saturated rings. The van der Waals surface area contributed by atoms with Crippen molar-refractivity contribution in [1.82, 2.24) is 0 Å². The zero-order chi connectivity index (χ0) is 11.6. The Morgan fingerprint density at radius 3 is 2.67 bits per heavy atom. The van der Waals surface area contributed by atoms with Gasteiger partial charge in [0.1, 0.15) is 0 Å². The second-order valence-corrected chi connectivity index (χ2v) is 5.52. The van der Waals surface area contributed by atoms with Crippen molar-refractivity contribution in [1.29, 1.82) is 0 Å². The summed E-state index contributed by atoms with van der Waals surface area (Å²) in [4.78, 5) is 21.9. The van der Waals surface area contributed by atoms with E-state index in [4.69, 9.17) is 0 Å². The predicted octanol–water partition coefficient (Wildman–Crippen LogP) is 3.11. The van der Waals surface area contributed by atoms with Gasteiger partial charge >= 0.3 is 0 Å². The van der Waals surface area contributed by atoms with Crippen LogP contribution in [0.3, 0.4) is 0 Å². The summed E-state index contributed by atoms with van der Waals surface area (Å²) in [7, 11) is 2.69. The standard InChI is InChI=1S/C11H18NO2P/c1-7-5-4-6-8(15)9(7)11(2,3)10(13)12-14/h6-7,9H,4-5,15H2,1-3H3. The van der Waals surface area contributed by atoms with E-state index in [0.717, 1.165) is 18.2 Å². The molecule has 0 bridgehead atoms. The van der Waals surface area contributed by atoms with Crippen molar-refractivity contribution >= 4 is 15.1 Å². The van der Waals surface area contributed by atoms with E-state index in [1.54, 1.807) is 13.8 Å². The van der Waals surface area contributed by atoms with Crippen molar-refractivity contribution < 1.29 is 4.79 Å². The number of hydrogen-bond acceptors (Lipinski definition) is 2. The first kappa shape index (κ1) is 12.5. The zero-order valence-electron chi connectivity index (χ0n) is 9.49. The first-order chi connectivity index (χ1) is 6.91.